The molecule has 1 fully saturated rings. The van der Waals surface area contributed by atoms with Gasteiger partial charge in [-0.1, -0.05) is 6.07 Å². The van der Waals surface area contributed by atoms with Gasteiger partial charge in [0.05, 0.1) is 20.3 Å². The maximum absolute atomic E-state index is 13.5. The first-order valence-corrected chi connectivity index (χ1v) is 5.34. The number of hydrogen-bond acceptors (Lipinski definition) is 4. The zero-order valence-electron chi connectivity index (χ0n) is 9.81. The highest BCUT2D eigenvalue weighted by Gasteiger charge is 2.23. The lowest BCUT2D eigenvalue weighted by molar-refractivity contribution is -0.225. The maximum atomic E-state index is 13.5. The molecule has 0 aliphatic carbocycles. The molecule has 0 unspecified atom stereocenters. The Balaban J connectivity index is 2.06. The fourth-order valence-corrected chi connectivity index (χ4v) is 1.64. The molecular formula is C12H15FO4. The molecule has 1 aliphatic rings. The Hall–Kier alpha value is -1.17. The number of benzene rings is 1. The van der Waals surface area contributed by atoms with Gasteiger partial charge in [-0.2, -0.15) is 0 Å². The van der Waals surface area contributed by atoms with Gasteiger partial charge in [-0.15, -0.1) is 0 Å². The Kier molecular flexibility index (Phi) is 3.93. The molecule has 0 bridgehead atoms. The van der Waals surface area contributed by atoms with E-state index in [1.54, 1.807) is 19.2 Å². The van der Waals surface area contributed by atoms with Crippen LogP contribution in [0.15, 0.2) is 18.2 Å². The van der Waals surface area contributed by atoms with E-state index in [1.807, 2.05) is 0 Å². The Morgan fingerprint density at radius 1 is 1.24 bits per heavy atom. The van der Waals surface area contributed by atoms with Crippen LogP contribution in [-0.4, -0.2) is 33.5 Å². The van der Waals surface area contributed by atoms with Crippen molar-refractivity contribution in [1.29, 1.82) is 0 Å². The van der Waals surface area contributed by atoms with Gasteiger partial charge in [0.25, 0.3) is 0 Å². The minimum absolute atomic E-state index is 0.0608. The summed E-state index contributed by atoms with van der Waals surface area (Å²) in [5.74, 6) is -0.217. The fraction of sp³-hybridized carbons (Fsp3) is 0.500. The number of halogens is 1. The van der Waals surface area contributed by atoms with Crippen molar-refractivity contribution in [2.24, 2.45) is 0 Å². The van der Waals surface area contributed by atoms with E-state index in [4.69, 9.17) is 18.9 Å². The quantitative estimate of drug-likeness (QED) is 0.811. The second-order valence-electron chi connectivity index (χ2n) is 3.75. The average molecular weight is 242 g/mol. The van der Waals surface area contributed by atoms with Crippen molar-refractivity contribution >= 4 is 0 Å². The molecule has 0 aromatic heterocycles. The standard InChI is InChI=1S/C12H15FO4/c1-14-9-6-16-12(17-7-9)8-3-4-11(15-2)10(13)5-8/h3-5,9,12H,6-7H2,1-2H3. The summed E-state index contributed by atoms with van der Waals surface area (Å²) in [6, 6.07) is 4.64. The third-order valence-electron chi connectivity index (χ3n) is 2.65. The van der Waals surface area contributed by atoms with Crippen LogP contribution in [0.2, 0.25) is 0 Å². The van der Waals surface area contributed by atoms with Gasteiger partial charge in [-0.3, -0.25) is 0 Å². The van der Waals surface area contributed by atoms with Gasteiger partial charge < -0.3 is 18.9 Å². The van der Waals surface area contributed by atoms with Crippen LogP contribution in [-0.2, 0) is 14.2 Å². The molecule has 0 spiro atoms. The molecule has 1 heterocycles. The average Bonchev–Trinajstić information content (AvgIpc) is 2.39. The van der Waals surface area contributed by atoms with Crippen LogP contribution in [0.4, 0.5) is 4.39 Å². The van der Waals surface area contributed by atoms with Crippen LogP contribution in [0.1, 0.15) is 11.9 Å². The second kappa shape index (κ2) is 5.44. The van der Waals surface area contributed by atoms with Crippen molar-refractivity contribution in [3.05, 3.63) is 29.6 Å². The number of hydrogen-bond donors (Lipinski definition) is 0. The summed E-state index contributed by atoms with van der Waals surface area (Å²) in [6.07, 6.45) is -0.601. The summed E-state index contributed by atoms with van der Waals surface area (Å²) in [5.41, 5.74) is 0.637. The van der Waals surface area contributed by atoms with Crippen LogP contribution in [0.25, 0.3) is 0 Å². The molecule has 2 rings (SSSR count). The number of ether oxygens (including phenoxy) is 4. The van der Waals surface area contributed by atoms with Crippen molar-refractivity contribution in [1.82, 2.24) is 0 Å². The SMILES string of the molecule is COc1ccc(C2OCC(OC)CO2)cc1F. The predicted molar refractivity (Wildman–Crippen MR) is 58.4 cm³/mol. The van der Waals surface area contributed by atoms with Gasteiger partial charge in [0.2, 0.25) is 0 Å². The van der Waals surface area contributed by atoms with Crippen molar-refractivity contribution < 1.29 is 23.3 Å². The highest BCUT2D eigenvalue weighted by atomic mass is 19.1. The summed E-state index contributed by atoms with van der Waals surface area (Å²) >= 11 is 0. The first kappa shape index (κ1) is 12.3. The first-order chi connectivity index (χ1) is 8.24. The summed E-state index contributed by atoms with van der Waals surface area (Å²) in [4.78, 5) is 0. The molecule has 1 aromatic rings. The maximum Gasteiger partial charge on any atom is 0.184 e. The van der Waals surface area contributed by atoms with Crippen LogP contribution < -0.4 is 4.74 Å². The van der Waals surface area contributed by atoms with Crippen LogP contribution in [0.5, 0.6) is 5.75 Å². The molecular weight excluding hydrogens is 227 g/mol. The van der Waals surface area contributed by atoms with Gasteiger partial charge in [0.1, 0.15) is 6.10 Å². The third kappa shape index (κ3) is 2.74. The van der Waals surface area contributed by atoms with Crippen molar-refractivity contribution in [3.63, 3.8) is 0 Å². The normalized spacial score (nSPS) is 24.6. The van der Waals surface area contributed by atoms with Gasteiger partial charge in [-0.05, 0) is 12.1 Å². The van der Waals surface area contributed by atoms with Crippen LogP contribution in [0, 0.1) is 5.82 Å². The highest BCUT2D eigenvalue weighted by Crippen LogP contribution is 2.27. The summed E-state index contributed by atoms with van der Waals surface area (Å²) in [6.45, 7) is 0.879. The molecule has 0 atom stereocenters. The molecule has 1 aliphatic heterocycles. The third-order valence-corrected chi connectivity index (χ3v) is 2.65. The van der Waals surface area contributed by atoms with E-state index < -0.39 is 12.1 Å². The van der Waals surface area contributed by atoms with E-state index >= 15 is 0 Å². The van der Waals surface area contributed by atoms with E-state index in [0.717, 1.165) is 0 Å². The van der Waals surface area contributed by atoms with Crippen LogP contribution >= 0.6 is 0 Å². The minimum atomic E-state index is -0.540. The summed E-state index contributed by atoms with van der Waals surface area (Å²) in [5, 5.41) is 0. The number of methoxy groups -OCH3 is 2. The first-order valence-electron chi connectivity index (χ1n) is 5.34. The van der Waals surface area contributed by atoms with E-state index in [0.29, 0.717) is 18.8 Å². The highest BCUT2D eigenvalue weighted by molar-refractivity contribution is 5.30. The Bertz CT molecular complexity index is 375. The summed E-state index contributed by atoms with van der Waals surface area (Å²) in [7, 11) is 3.03. The Morgan fingerprint density at radius 3 is 2.47 bits per heavy atom. The molecule has 0 saturated carbocycles. The molecule has 1 saturated heterocycles. The molecule has 17 heavy (non-hydrogen) atoms. The smallest absolute Gasteiger partial charge is 0.184 e. The fourth-order valence-electron chi connectivity index (χ4n) is 1.64. The Morgan fingerprint density at radius 2 is 1.94 bits per heavy atom. The van der Waals surface area contributed by atoms with Gasteiger partial charge >= 0.3 is 0 Å². The van der Waals surface area contributed by atoms with Crippen molar-refractivity contribution in [2.45, 2.75) is 12.4 Å². The molecule has 4 nitrogen and oxygen atoms in total. The van der Waals surface area contributed by atoms with Crippen LogP contribution in [0.3, 0.4) is 0 Å². The molecule has 0 amide bonds. The van der Waals surface area contributed by atoms with E-state index in [2.05, 4.69) is 0 Å². The monoisotopic (exact) mass is 242 g/mol. The largest absolute Gasteiger partial charge is 0.494 e. The van der Waals surface area contributed by atoms with E-state index in [9.17, 15) is 4.39 Å². The molecule has 5 heteroatoms. The minimum Gasteiger partial charge on any atom is -0.494 e. The zero-order chi connectivity index (χ0) is 12.3. The summed E-state index contributed by atoms with van der Waals surface area (Å²) < 4.78 is 34.3. The Labute approximate surface area is 99.2 Å². The molecule has 0 N–H and O–H groups in total. The molecule has 0 radical (unpaired) electrons. The lowest BCUT2D eigenvalue weighted by atomic mass is 10.2. The second-order valence-corrected chi connectivity index (χ2v) is 3.75. The van der Waals surface area contributed by atoms with Gasteiger partial charge in [0, 0.05) is 12.7 Å². The topological polar surface area (TPSA) is 36.9 Å². The van der Waals surface area contributed by atoms with Gasteiger partial charge in [-0.25, -0.2) is 4.39 Å². The predicted octanol–water partition coefficient (Wildman–Crippen LogP) is 1.89. The van der Waals surface area contributed by atoms with Crippen molar-refractivity contribution in [3.8, 4) is 5.75 Å². The lowest BCUT2D eigenvalue weighted by Crippen LogP contribution is -2.32. The molecule has 94 valence electrons. The van der Waals surface area contributed by atoms with Gasteiger partial charge in [0.15, 0.2) is 17.9 Å². The zero-order valence-corrected chi connectivity index (χ0v) is 9.81. The van der Waals surface area contributed by atoms with Crippen molar-refractivity contribution in [2.75, 3.05) is 27.4 Å². The lowest BCUT2D eigenvalue weighted by Gasteiger charge is -2.28. The van der Waals surface area contributed by atoms with E-state index in [1.165, 1.54) is 13.2 Å². The molecule has 1 aromatic carbocycles. The number of rotatable bonds is 3. The van der Waals surface area contributed by atoms with E-state index in [-0.39, 0.29) is 11.9 Å².